The summed E-state index contributed by atoms with van der Waals surface area (Å²) in [6, 6.07) is 0. The lowest BCUT2D eigenvalue weighted by Crippen LogP contribution is -1.58. The summed E-state index contributed by atoms with van der Waals surface area (Å²) in [4.78, 5) is 17.7. The van der Waals surface area contributed by atoms with Gasteiger partial charge in [0.15, 0.2) is 0 Å². The summed E-state index contributed by atoms with van der Waals surface area (Å²) in [7, 11) is 0. The van der Waals surface area contributed by atoms with E-state index in [1.165, 1.54) is 0 Å². The Labute approximate surface area is 28.1 Å². The molecule has 0 aliphatic rings. The van der Waals surface area contributed by atoms with E-state index in [2.05, 4.69) is 10.4 Å². The molecule has 0 aliphatic carbocycles. The average Bonchev–Trinajstić information content (AvgIpc) is 1.41. The largest absolute Gasteiger partial charge is 0.212 e. The number of rotatable bonds is 2. The van der Waals surface area contributed by atoms with E-state index in [4.69, 9.17) is 9.81 Å². The van der Waals surface area contributed by atoms with Gasteiger partial charge in [-0.25, -0.2) is 0 Å². The summed E-state index contributed by atoms with van der Waals surface area (Å²) in [6.07, 6.45) is 0. The Hall–Kier alpha value is -0.800. The summed E-state index contributed by atoms with van der Waals surface area (Å²) in [5.41, 5.74) is 0. The van der Waals surface area contributed by atoms with Crippen LogP contribution in [0, 0.1) is 9.81 Å². The number of nitroso groups, excluding NO2 is 2. The van der Waals surface area contributed by atoms with Crippen LogP contribution in [0.4, 0.5) is 0 Å². The van der Waals surface area contributed by atoms with Crippen LogP contribution in [0.25, 0.3) is 0 Å². The van der Waals surface area contributed by atoms with Gasteiger partial charge in [-0.05, 0) is 10.4 Å². The fourth-order valence-electron chi connectivity index (χ4n) is 0.0236. The lowest BCUT2D eigenvalue weighted by molar-refractivity contribution is 1.04. The minimum atomic E-state index is -0.472. The van der Waals surface area contributed by atoms with Crippen molar-refractivity contribution in [1.82, 2.24) is 0 Å². The highest BCUT2D eigenvalue weighted by Crippen LogP contribution is 1.61. The summed E-state index contributed by atoms with van der Waals surface area (Å²) >= 11 is 0. The number of nitrogens with zero attached hydrogens (tertiary/aromatic N) is 2. The third-order valence-corrected chi connectivity index (χ3v) is 0.115. The fourth-order valence-corrected chi connectivity index (χ4v) is 0.0236. The molecule has 0 bridgehead atoms. The molecule has 4 heteroatoms. The first-order chi connectivity index (χ1) is 2.41. The maximum atomic E-state index is 8.86. The van der Waals surface area contributed by atoms with Gasteiger partial charge in [-0.3, -0.25) is 0 Å². The number of hydrogen-bond acceptors (Lipinski definition) is 4. The van der Waals surface area contributed by atoms with Crippen LogP contribution in [0.1, 0.15) is 0 Å². The van der Waals surface area contributed by atoms with Crippen LogP contribution in [0.2, 0.25) is 0 Å². The fraction of sp³-hybridized carbons (Fsp3) is 1.00. The first kappa shape index (κ1) is 4.20. The van der Waals surface area contributed by atoms with Gasteiger partial charge >= 0.3 is 0 Å². The SMILES string of the molecule is O=NCN=O. The van der Waals surface area contributed by atoms with Gasteiger partial charge < -0.3 is 0 Å². The Morgan fingerprint density at radius 3 is 1.60 bits per heavy atom. The first-order valence-electron chi connectivity index (χ1n) is 0.998. The molecule has 28 valence electrons. The van der Waals surface area contributed by atoms with Crippen molar-refractivity contribution in [3.05, 3.63) is 9.81 Å². The molecule has 5 heavy (non-hydrogen) atoms. The van der Waals surface area contributed by atoms with E-state index in [1.54, 1.807) is 0 Å². The Bertz CT molecular complexity index is 36.9. The predicted octanol–water partition coefficient (Wildman–Crippen LogP) is 0.477. The molecular weight excluding hydrogens is 72.0 g/mol. The lowest BCUT2D eigenvalue weighted by atomic mass is 11.3. The molecule has 0 unspecified atom stereocenters. The zero-order valence-electron chi connectivity index (χ0n) is 2.42. The quantitative estimate of drug-likeness (QED) is 0.447. The van der Waals surface area contributed by atoms with Crippen LogP contribution in [-0.4, -0.2) is 6.67 Å². The highest BCUT2D eigenvalue weighted by Gasteiger charge is 1.64. The molecule has 0 heterocycles. The van der Waals surface area contributed by atoms with Gasteiger partial charge in [0.05, 0.1) is 0 Å². The van der Waals surface area contributed by atoms with Gasteiger partial charge in [0.2, 0.25) is 6.67 Å². The molecular formula is CH2N2O2. The molecule has 0 amide bonds. The van der Waals surface area contributed by atoms with E-state index in [9.17, 15) is 0 Å². The highest BCUT2D eigenvalue weighted by atomic mass is 16.3. The highest BCUT2D eigenvalue weighted by molar-refractivity contribution is 4.28. The van der Waals surface area contributed by atoms with Crippen molar-refractivity contribution < 1.29 is 0 Å². The molecule has 0 radical (unpaired) electrons. The van der Waals surface area contributed by atoms with E-state index in [0.717, 1.165) is 0 Å². The molecule has 0 saturated carbocycles. The van der Waals surface area contributed by atoms with Gasteiger partial charge in [0, 0.05) is 0 Å². The van der Waals surface area contributed by atoms with Crippen LogP contribution in [0.3, 0.4) is 0 Å². The van der Waals surface area contributed by atoms with E-state index >= 15 is 0 Å². The molecule has 0 N–H and O–H groups in total. The number of hydrogen-bond donors (Lipinski definition) is 0. The maximum Gasteiger partial charge on any atom is 0.212 e. The molecule has 0 saturated heterocycles. The van der Waals surface area contributed by atoms with Gasteiger partial charge in [-0.2, -0.15) is 0 Å². The molecule has 0 aromatic carbocycles. The normalized spacial score (nSPS) is 6.40. The monoisotopic (exact) mass is 74.0 g/mol. The zero-order valence-corrected chi connectivity index (χ0v) is 2.42. The first-order valence-corrected chi connectivity index (χ1v) is 0.998. The summed E-state index contributed by atoms with van der Waals surface area (Å²) in [5, 5.41) is 4.25. The minimum absolute atomic E-state index is 0.472. The van der Waals surface area contributed by atoms with Crippen molar-refractivity contribution in [2.24, 2.45) is 10.4 Å². The van der Waals surface area contributed by atoms with Crippen molar-refractivity contribution in [1.29, 1.82) is 0 Å². The smallest absolute Gasteiger partial charge is 0.149 e. The summed E-state index contributed by atoms with van der Waals surface area (Å²) in [5.74, 6) is 0. The van der Waals surface area contributed by atoms with Crippen LogP contribution in [0.15, 0.2) is 10.4 Å². The zero-order chi connectivity index (χ0) is 4.12. The Kier molecular flexibility index (Phi) is 2.69. The van der Waals surface area contributed by atoms with Crippen molar-refractivity contribution >= 4 is 0 Å². The van der Waals surface area contributed by atoms with Gasteiger partial charge in [0.1, 0.15) is 0 Å². The Morgan fingerprint density at radius 1 is 1.20 bits per heavy atom. The second-order valence-corrected chi connectivity index (χ2v) is 0.400. The van der Waals surface area contributed by atoms with Crippen LogP contribution >= 0.6 is 0 Å². The summed E-state index contributed by atoms with van der Waals surface area (Å²) in [6.45, 7) is -0.472. The third kappa shape index (κ3) is 3.20. The standard InChI is InChI=1S/CH2N2O2/c4-2-1-3-5/h1H2. The predicted molar refractivity (Wildman–Crippen MR) is 16.5 cm³/mol. The molecule has 0 atom stereocenters. The minimum Gasteiger partial charge on any atom is -0.149 e. The Morgan fingerprint density at radius 2 is 1.60 bits per heavy atom. The van der Waals surface area contributed by atoms with Crippen molar-refractivity contribution in [3.63, 3.8) is 0 Å². The lowest BCUT2D eigenvalue weighted by Gasteiger charge is -1.54. The Balaban J connectivity index is 2.65. The van der Waals surface area contributed by atoms with E-state index in [1.807, 2.05) is 0 Å². The molecule has 0 fully saturated rings. The molecule has 0 spiro atoms. The van der Waals surface area contributed by atoms with Crippen LogP contribution < -0.4 is 0 Å². The van der Waals surface area contributed by atoms with Crippen LogP contribution in [-0.2, 0) is 0 Å². The second-order valence-electron chi connectivity index (χ2n) is 0.400. The molecule has 0 rings (SSSR count). The summed E-state index contributed by atoms with van der Waals surface area (Å²) < 4.78 is 0. The maximum absolute atomic E-state index is 8.86. The molecule has 0 aromatic heterocycles. The van der Waals surface area contributed by atoms with Gasteiger partial charge in [-0.15, -0.1) is 9.81 Å². The molecule has 0 aliphatic heterocycles. The van der Waals surface area contributed by atoms with E-state index < -0.39 is 6.67 Å². The van der Waals surface area contributed by atoms with Gasteiger partial charge in [-0.1, -0.05) is 0 Å². The topological polar surface area (TPSA) is 58.9 Å². The second kappa shape index (κ2) is 3.20. The molecule has 0 aromatic rings. The third-order valence-electron chi connectivity index (χ3n) is 0.115. The van der Waals surface area contributed by atoms with E-state index in [-0.39, 0.29) is 0 Å². The molecule has 4 nitrogen and oxygen atoms in total. The van der Waals surface area contributed by atoms with Gasteiger partial charge in [0.25, 0.3) is 0 Å². The van der Waals surface area contributed by atoms with E-state index in [0.29, 0.717) is 0 Å². The van der Waals surface area contributed by atoms with Crippen molar-refractivity contribution in [2.75, 3.05) is 6.67 Å². The van der Waals surface area contributed by atoms with Crippen molar-refractivity contribution in [2.45, 2.75) is 0 Å². The average molecular weight is 74.0 g/mol. The van der Waals surface area contributed by atoms with Crippen molar-refractivity contribution in [3.8, 4) is 0 Å². The van der Waals surface area contributed by atoms with Crippen LogP contribution in [0.5, 0.6) is 0 Å².